The van der Waals surface area contributed by atoms with Crippen molar-refractivity contribution in [2.24, 2.45) is 0 Å². The van der Waals surface area contributed by atoms with Gasteiger partial charge in [-0.2, -0.15) is 13.2 Å². The van der Waals surface area contributed by atoms with Gasteiger partial charge in [0.15, 0.2) is 6.10 Å². The monoisotopic (exact) mass is 331 g/mol. The summed E-state index contributed by atoms with van der Waals surface area (Å²) in [6, 6.07) is 6.47. The number of amides is 2. The maximum Gasteiger partial charge on any atom is 0.416 e. The first-order valence-electron chi connectivity index (χ1n) is 7.39. The first-order valence-corrected chi connectivity index (χ1v) is 7.39. The van der Waals surface area contributed by atoms with E-state index in [9.17, 15) is 18.0 Å². The average molecular weight is 331 g/mol. The van der Waals surface area contributed by atoms with E-state index in [-0.39, 0.29) is 0 Å². The molecule has 1 aromatic rings. The molecule has 0 bridgehead atoms. The van der Waals surface area contributed by atoms with Crippen molar-refractivity contribution in [2.45, 2.75) is 25.1 Å². The number of hydrogen-bond acceptors (Lipinski definition) is 3. The lowest BCUT2D eigenvalue weighted by molar-refractivity contribution is -0.205. The summed E-state index contributed by atoms with van der Waals surface area (Å²) in [6.07, 6.45) is -5.07. The highest BCUT2D eigenvalue weighted by Gasteiger charge is 2.39. The second-order valence-electron chi connectivity index (χ2n) is 5.61. The predicted molar refractivity (Wildman–Crippen MR) is 81.6 cm³/mol. The smallest absolute Gasteiger partial charge is 0.382 e. The van der Waals surface area contributed by atoms with Crippen LogP contribution in [-0.2, 0) is 0 Å². The van der Waals surface area contributed by atoms with E-state index in [2.05, 4.69) is 10.2 Å². The summed E-state index contributed by atoms with van der Waals surface area (Å²) >= 11 is 0. The third kappa shape index (κ3) is 4.75. The van der Waals surface area contributed by atoms with Crippen LogP contribution in [-0.4, -0.2) is 55.0 Å². The molecule has 0 spiro atoms. The van der Waals surface area contributed by atoms with Gasteiger partial charge in [0.25, 0.3) is 0 Å². The maximum absolute atomic E-state index is 12.3. The number of benzene rings is 1. The summed E-state index contributed by atoms with van der Waals surface area (Å²) in [5.41, 5.74) is 1.48. The quantitative estimate of drug-likeness (QED) is 0.892. The lowest BCUT2D eigenvalue weighted by atomic mass is 10.2. The van der Waals surface area contributed by atoms with Gasteiger partial charge in [0.05, 0.1) is 6.54 Å². The van der Waals surface area contributed by atoms with Crippen LogP contribution in [0.2, 0.25) is 0 Å². The maximum atomic E-state index is 12.3. The van der Waals surface area contributed by atoms with Crippen molar-refractivity contribution >= 4 is 17.4 Å². The van der Waals surface area contributed by atoms with Gasteiger partial charge in [-0.15, -0.1) is 0 Å². The fourth-order valence-corrected chi connectivity index (χ4v) is 2.42. The Morgan fingerprint density at radius 3 is 2.65 bits per heavy atom. The minimum absolute atomic E-state index is 0.507. The van der Waals surface area contributed by atoms with Gasteiger partial charge in [-0.3, -0.25) is 0 Å². The van der Waals surface area contributed by atoms with E-state index in [0.29, 0.717) is 5.69 Å². The van der Waals surface area contributed by atoms with Crippen molar-refractivity contribution in [3.63, 3.8) is 0 Å². The van der Waals surface area contributed by atoms with Gasteiger partial charge in [-0.25, -0.2) is 4.79 Å². The number of carbonyl (C=O) groups excluding carboxylic acids is 1. The number of nitrogens with zero attached hydrogens (tertiary/aromatic N) is 2. The lowest BCUT2D eigenvalue weighted by Crippen LogP contribution is -2.43. The number of anilines is 2. The van der Waals surface area contributed by atoms with Gasteiger partial charge in [-0.05, 0) is 31.0 Å². The topological polar surface area (TPSA) is 55.8 Å². The second kappa shape index (κ2) is 7.08. The number of halogens is 3. The van der Waals surface area contributed by atoms with Crippen molar-refractivity contribution in [3.05, 3.63) is 24.3 Å². The molecule has 2 amide bonds. The van der Waals surface area contributed by atoms with Crippen LogP contribution < -0.4 is 10.2 Å². The number of nitrogens with one attached hydrogen (secondary N) is 1. The first-order chi connectivity index (χ1) is 10.8. The number of carbonyl (C=O) groups is 1. The summed E-state index contributed by atoms with van der Waals surface area (Å²) in [7, 11) is 1.20. The molecule has 2 N–H and O–H groups in total. The molecule has 0 unspecified atom stereocenters. The number of likely N-dealkylation sites (N-methyl/N-ethyl adjacent to an activating group) is 1. The van der Waals surface area contributed by atoms with E-state index < -0.39 is 24.9 Å². The molecule has 5 nitrogen and oxygen atoms in total. The minimum atomic E-state index is -4.75. The Kier molecular flexibility index (Phi) is 5.35. The van der Waals surface area contributed by atoms with Gasteiger partial charge >= 0.3 is 12.2 Å². The molecule has 1 fully saturated rings. The van der Waals surface area contributed by atoms with E-state index in [0.717, 1.165) is 36.5 Å². The van der Waals surface area contributed by atoms with Crippen LogP contribution in [0.25, 0.3) is 0 Å². The molecule has 1 aliphatic heterocycles. The molecule has 128 valence electrons. The standard InChI is InChI=1S/C15H20F3N3O2/c1-20(10-13(22)15(16,17)18)14(23)19-11-5-4-6-12(9-11)21-7-2-3-8-21/h4-6,9,13,22H,2-3,7-8,10H2,1H3,(H,19,23)/t13-/m1/s1. The molecule has 23 heavy (non-hydrogen) atoms. The van der Waals surface area contributed by atoms with E-state index in [1.807, 2.05) is 6.07 Å². The Morgan fingerprint density at radius 1 is 1.39 bits per heavy atom. The van der Waals surface area contributed by atoms with Crippen LogP contribution in [0.5, 0.6) is 0 Å². The summed E-state index contributed by atoms with van der Waals surface area (Å²) in [6.45, 7) is 1.09. The zero-order valence-electron chi connectivity index (χ0n) is 12.8. The van der Waals surface area contributed by atoms with Crippen molar-refractivity contribution in [3.8, 4) is 0 Å². The SMILES string of the molecule is CN(C[C@@H](O)C(F)(F)F)C(=O)Nc1cccc(N2CCCC2)c1. The predicted octanol–water partition coefficient (Wildman–Crippen LogP) is 2.67. The molecule has 0 radical (unpaired) electrons. The number of hydrogen-bond donors (Lipinski definition) is 2. The third-order valence-corrected chi connectivity index (χ3v) is 3.74. The molecule has 1 heterocycles. The molecule has 1 aromatic carbocycles. The van der Waals surface area contributed by atoms with Crippen LogP contribution in [0.3, 0.4) is 0 Å². The molecule has 0 aliphatic carbocycles. The number of alkyl halides is 3. The average Bonchev–Trinajstić information content (AvgIpc) is 3.00. The Morgan fingerprint density at radius 2 is 2.04 bits per heavy atom. The van der Waals surface area contributed by atoms with Crippen LogP contribution >= 0.6 is 0 Å². The lowest BCUT2D eigenvalue weighted by Gasteiger charge is -2.23. The summed E-state index contributed by atoms with van der Waals surface area (Å²) in [4.78, 5) is 14.9. The van der Waals surface area contributed by atoms with Crippen LogP contribution in [0.15, 0.2) is 24.3 Å². The van der Waals surface area contributed by atoms with Gasteiger partial charge in [0, 0.05) is 31.5 Å². The van der Waals surface area contributed by atoms with Gasteiger partial charge in [0.1, 0.15) is 0 Å². The van der Waals surface area contributed by atoms with Crippen LogP contribution in [0.1, 0.15) is 12.8 Å². The van der Waals surface area contributed by atoms with Crippen molar-refractivity contribution in [1.29, 1.82) is 0 Å². The number of rotatable bonds is 4. The number of urea groups is 1. The highest BCUT2D eigenvalue weighted by molar-refractivity contribution is 5.89. The first kappa shape index (κ1) is 17.4. The molecule has 0 aromatic heterocycles. The third-order valence-electron chi connectivity index (χ3n) is 3.74. The van der Waals surface area contributed by atoms with Gasteiger partial charge < -0.3 is 20.2 Å². The van der Waals surface area contributed by atoms with Gasteiger partial charge in [-0.1, -0.05) is 6.07 Å². The number of aliphatic hydroxyl groups excluding tert-OH is 1. The highest BCUT2D eigenvalue weighted by Crippen LogP contribution is 2.24. The Balaban J connectivity index is 1.95. The van der Waals surface area contributed by atoms with E-state index >= 15 is 0 Å². The largest absolute Gasteiger partial charge is 0.416 e. The van der Waals surface area contributed by atoms with E-state index in [1.54, 1.807) is 18.2 Å². The van der Waals surface area contributed by atoms with Crippen molar-refractivity contribution < 1.29 is 23.1 Å². The Bertz CT molecular complexity index is 545. The molecular formula is C15H20F3N3O2. The second-order valence-corrected chi connectivity index (χ2v) is 5.61. The molecular weight excluding hydrogens is 311 g/mol. The highest BCUT2D eigenvalue weighted by atomic mass is 19.4. The fourth-order valence-electron chi connectivity index (χ4n) is 2.42. The van der Waals surface area contributed by atoms with Crippen molar-refractivity contribution in [1.82, 2.24) is 4.90 Å². The fraction of sp³-hybridized carbons (Fsp3) is 0.533. The summed E-state index contributed by atoms with van der Waals surface area (Å²) < 4.78 is 36.9. The molecule has 1 aliphatic rings. The molecule has 8 heteroatoms. The zero-order valence-corrected chi connectivity index (χ0v) is 12.8. The van der Waals surface area contributed by atoms with Crippen LogP contribution in [0.4, 0.5) is 29.3 Å². The van der Waals surface area contributed by atoms with Crippen molar-refractivity contribution in [2.75, 3.05) is 36.9 Å². The van der Waals surface area contributed by atoms with Gasteiger partial charge in [0.2, 0.25) is 0 Å². The zero-order chi connectivity index (χ0) is 17.0. The van der Waals surface area contributed by atoms with Crippen LogP contribution in [0, 0.1) is 0 Å². The molecule has 0 saturated carbocycles. The van der Waals surface area contributed by atoms with E-state index in [1.165, 1.54) is 7.05 Å². The Labute approximate surface area is 132 Å². The summed E-state index contributed by atoms with van der Waals surface area (Å²) in [5.74, 6) is 0. The van der Waals surface area contributed by atoms with E-state index in [4.69, 9.17) is 5.11 Å². The number of aliphatic hydroxyl groups is 1. The Hall–Kier alpha value is -1.96. The molecule has 1 atom stereocenters. The molecule has 1 saturated heterocycles. The molecule has 2 rings (SSSR count). The normalized spacial score (nSPS) is 16.3. The summed E-state index contributed by atoms with van der Waals surface area (Å²) in [5, 5.41) is 11.5. The minimum Gasteiger partial charge on any atom is -0.382 e.